The van der Waals surface area contributed by atoms with Crippen LogP contribution in [0.1, 0.15) is 52.3 Å². The van der Waals surface area contributed by atoms with Crippen LogP contribution in [-0.2, 0) is 43.4 Å². The van der Waals surface area contributed by atoms with Gasteiger partial charge in [-0.3, -0.25) is 0 Å². The Morgan fingerprint density at radius 1 is 0.872 bits per heavy atom. The van der Waals surface area contributed by atoms with Crippen LogP contribution in [0.2, 0.25) is 0 Å². The molecule has 0 radical (unpaired) electrons. The van der Waals surface area contributed by atoms with Crippen molar-refractivity contribution in [3.63, 3.8) is 0 Å². The van der Waals surface area contributed by atoms with E-state index in [1.54, 1.807) is 0 Å². The lowest BCUT2D eigenvalue weighted by Crippen LogP contribution is -2.26. The topological polar surface area (TPSA) is 56.1 Å². The van der Waals surface area contributed by atoms with Gasteiger partial charge in [0.25, 0.3) is 5.95 Å². The summed E-state index contributed by atoms with van der Waals surface area (Å²) >= 11 is 0. The van der Waals surface area contributed by atoms with Crippen LogP contribution in [0.3, 0.4) is 0 Å². The van der Waals surface area contributed by atoms with Gasteiger partial charge in [-0.05, 0) is 71.0 Å². The molecule has 6 nitrogen and oxygen atoms in total. The molecule has 1 heterocycles. The van der Waals surface area contributed by atoms with Crippen molar-refractivity contribution in [1.82, 2.24) is 20.2 Å². The van der Waals surface area contributed by atoms with Gasteiger partial charge in [-0.1, -0.05) is 11.2 Å². The van der Waals surface area contributed by atoms with Crippen molar-refractivity contribution in [3.05, 3.63) is 69.8 Å². The predicted molar refractivity (Wildman–Crippen MR) is 119 cm³/mol. The van der Waals surface area contributed by atoms with E-state index >= 15 is 0 Å². The third kappa shape index (κ3) is 6.81. The number of benzene rings is 2. The minimum Gasteiger partial charge on any atom is -0.376 e. The molecule has 15 heteroatoms. The van der Waals surface area contributed by atoms with Crippen molar-refractivity contribution in [2.75, 3.05) is 12.0 Å². The highest BCUT2D eigenvalue weighted by Crippen LogP contribution is 2.45. The molecule has 0 saturated heterocycles. The number of rotatable bonds is 8. The molecule has 4 rings (SSSR count). The molecular weight excluding hydrogens is 545 g/mol. The van der Waals surface area contributed by atoms with Gasteiger partial charge in [0.1, 0.15) is 0 Å². The summed E-state index contributed by atoms with van der Waals surface area (Å²) in [5.41, 5.74) is -3.89. The minimum atomic E-state index is -5.07. The van der Waals surface area contributed by atoms with E-state index in [1.807, 2.05) is 0 Å². The summed E-state index contributed by atoms with van der Waals surface area (Å²) in [6.07, 6.45) is -13.8. The Morgan fingerprint density at radius 2 is 1.46 bits per heavy atom. The number of halogens is 9. The largest absolute Gasteiger partial charge is 0.416 e. The average molecular weight is 567 g/mol. The molecule has 1 aliphatic rings. The molecule has 0 aliphatic heterocycles. The van der Waals surface area contributed by atoms with E-state index in [0.717, 1.165) is 29.8 Å². The van der Waals surface area contributed by atoms with Gasteiger partial charge in [0, 0.05) is 20.2 Å². The number of alkyl halides is 9. The van der Waals surface area contributed by atoms with Crippen molar-refractivity contribution in [2.24, 2.45) is 13.0 Å². The van der Waals surface area contributed by atoms with Gasteiger partial charge in [0.15, 0.2) is 0 Å². The van der Waals surface area contributed by atoms with Gasteiger partial charge < -0.3 is 9.64 Å². The number of aromatic nitrogens is 4. The van der Waals surface area contributed by atoms with E-state index in [1.165, 1.54) is 25.1 Å². The van der Waals surface area contributed by atoms with Crippen LogP contribution in [0.15, 0.2) is 36.4 Å². The fraction of sp³-hybridized carbons (Fsp3) is 0.458. The quantitative estimate of drug-likeness (QED) is 0.288. The van der Waals surface area contributed by atoms with Gasteiger partial charge in [-0.15, -0.1) is 5.10 Å². The molecule has 0 spiro atoms. The summed E-state index contributed by atoms with van der Waals surface area (Å²) in [6, 6.07) is 4.17. The zero-order valence-corrected chi connectivity index (χ0v) is 20.5. The molecule has 1 aromatic heterocycles. The lowest BCUT2D eigenvalue weighted by molar-refractivity contribution is -0.143. The molecule has 1 fully saturated rings. The van der Waals surface area contributed by atoms with Crippen LogP contribution in [0.4, 0.5) is 45.5 Å². The minimum absolute atomic E-state index is 0.00184. The van der Waals surface area contributed by atoms with Crippen LogP contribution in [-0.4, -0.2) is 27.3 Å². The SMILES string of the molecule is CO[C@@H](c1ccc(C(F)(F)F)cc1CN(Cc1cc(C(F)(F)F)cc(C(F)(F)F)c1)c1nnn(C)n1)C1CC1. The van der Waals surface area contributed by atoms with Crippen LogP contribution < -0.4 is 4.90 Å². The van der Waals surface area contributed by atoms with E-state index in [-0.39, 0.29) is 30.0 Å². The first-order valence-electron chi connectivity index (χ1n) is 11.6. The third-order valence-corrected chi connectivity index (χ3v) is 6.24. The van der Waals surface area contributed by atoms with E-state index in [2.05, 4.69) is 15.4 Å². The van der Waals surface area contributed by atoms with Crippen LogP contribution >= 0.6 is 0 Å². The third-order valence-electron chi connectivity index (χ3n) is 6.24. The van der Waals surface area contributed by atoms with Gasteiger partial charge >= 0.3 is 18.5 Å². The lowest BCUT2D eigenvalue weighted by Gasteiger charge is -2.26. The lowest BCUT2D eigenvalue weighted by atomic mass is 9.96. The molecule has 3 aromatic rings. The van der Waals surface area contributed by atoms with E-state index in [9.17, 15) is 39.5 Å². The first-order chi connectivity index (χ1) is 18.1. The molecule has 212 valence electrons. The molecule has 1 saturated carbocycles. The molecular formula is C24H22F9N5O. The number of anilines is 1. The number of aryl methyl sites for hydroxylation is 1. The Morgan fingerprint density at radius 3 is 1.92 bits per heavy atom. The molecule has 1 atom stereocenters. The first kappa shape index (κ1) is 28.6. The van der Waals surface area contributed by atoms with Crippen LogP contribution in [0.25, 0.3) is 0 Å². The second-order valence-corrected chi connectivity index (χ2v) is 9.25. The van der Waals surface area contributed by atoms with E-state index in [4.69, 9.17) is 4.74 Å². The Hall–Kier alpha value is -3.36. The second-order valence-electron chi connectivity index (χ2n) is 9.25. The van der Waals surface area contributed by atoms with Crippen molar-refractivity contribution in [1.29, 1.82) is 0 Å². The zero-order valence-electron chi connectivity index (χ0n) is 20.5. The zero-order chi connectivity index (χ0) is 28.8. The molecule has 0 amide bonds. The van der Waals surface area contributed by atoms with E-state index < -0.39 is 53.4 Å². The maximum Gasteiger partial charge on any atom is 0.416 e. The van der Waals surface area contributed by atoms with Gasteiger partial charge in [-0.2, -0.15) is 44.3 Å². The number of ether oxygens (including phenoxy) is 1. The van der Waals surface area contributed by atoms with E-state index in [0.29, 0.717) is 17.7 Å². The van der Waals surface area contributed by atoms with Crippen molar-refractivity contribution in [2.45, 2.75) is 50.6 Å². The number of methoxy groups -OCH3 is 1. The number of hydrogen-bond donors (Lipinski definition) is 0. The number of tetrazole rings is 1. The summed E-state index contributed by atoms with van der Waals surface area (Å²) in [5, 5.41) is 11.4. The summed E-state index contributed by atoms with van der Waals surface area (Å²) < 4.78 is 127. The molecule has 2 aromatic carbocycles. The first-order valence-corrected chi connectivity index (χ1v) is 11.6. The van der Waals surface area contributed by atoms with Gasteiger partial charge in [0.05, 0.1) is 29.8 Å². The standard InChI is InChI=1S/C24H22F9N5O/c1-37-35-21(34-36-37)38(11-13-7-17(23(28,29)30)10-18(8-13)24(31,32)33)12-15-9-16(22(25,26)27)5-6-19(15)20(39-2)14-3-4-14/h5-10,14,20H,3-4,11-12H2,1-2H3/t20-/m1/s1. The molecule has 0 bridgehead atoms. The molecule has 39 heavy (non-hydrogen) atoms. The van der Waals surface area contributed by atoms with Crippen molar-refractivity contribution in [3.8, 4) is 0 Å². The fourth-order valence-electron chi connectivity index (χ4n) is 4.30. The smallest absolute Gasteiger partial charge is 0.376 e. The summed E-state index contributed by atoms with van der Waals surface area (Å²) in [6.45, 7) is -0.968. The van der Waals surface area contributed by atoms with Crippen molar-refractivity contribution < 1.29 is 44.3 Å². The van der Waals surface area contributed by atoms with Crippen LogP contribution in [0, 0.1) is 5.92 Å². The average Bonchev–Trinajstić information content (AvgIpc) is 3.57. The van der Waals surface area contributed by atoms with Gasteiger partial charge in [0.2, 0.25) is 0 Å². The van der Waals surface area contributed by atoms with Crippen molar-refractivity contribution >= 4 is 5.95 Å². The van der Waals surface area contributed by atoms with Gasteiger partial charge in [-0.25, -0.2) is 0 Å². The van der Waals surface area contributed by atoms with Crippen LogP contribution in [0.5, 0.6) is 0 Å². The molecule has 1 aliphatic carbocycles. The monoisotopic (exact) mass is 567 g/mol. The summed E-state index contributed by atoms with van der Waals surface area (Å²) in [7, 11) is 2.79. The molecule has 0 unspecified atom stereocenters. The summed E-state index contributed by atoms with van der Waals surface area (Å²) in [4.78, 5) is 2.17. The highest BCUT2D eigenvalue weighted by atomic mass is 19.4. The molecule has 0 N–H and O–H groups in total. The maximum atomic E-state index is 13.6. The fourth-order valence-corrected chi connectivity index (χ4v) is 4.30. The second kappa shape index (κ2) is 10.3. The highest BCUT2D eigenvalue weighted by Gasteiger charge is 2.38. The normalized spacial score (nSPS) is 15.5. The Kier molecular flexibility index (Phi) is 7.58. The number of nitrogens with zero attached hydrogens (tertiary/aromatic N) is 5. The predicted octanol–water partition coefficient (Wildman–Crippen LogP) is 6.57. The summed E-state index contributed by atoms with van der Waals surface area (Å²) in [5.74, 6) is -0.140. The highest BCUT2D eigenvalue weighted by molar-refractivity contribution is 5.42. The Labute approximate surface area is 216 Å². The maximum absolute atomic E-state index is 13.6. The Bertz CT molecular complexity index is 1280. The number of hydrogen-bond acceptors (Lipinski definition) is 5. The Balaban J connectivity index is 1.80.